The van der Waals surface area contributed by atoms with Crippen molar-refractivity contribution in [3.05, 3.63) is 59.4 Å². The molecule has 0 aliphatic heterocycles. The van der Waals surface area contributed by atoms with Gasteiger partial charge in [-0.25, -0.2) is 12.8 Å². The van der Waals surface area contributed by atoms with Gasteiger partial charge in [0.2, 0.25) is 10.0 Å². The number of ether oxygens (including phenoxy) is 1. The van der Waals surface area contributed by atoms with Crippen molar-refractivity contribution in [1.29, 1.82) is 0 Å². The van der Waals surface area contributed by atoms with Crippen molar-refractivity contribution in [3.8, 4) is 5.75 Å². The van der Waals surface area contributed by atoms with Crippen LogP contribution in [0.1, 0.15) is 42.7 Å². The normalized spacial score (nSPS) is 12.6. The third-order valence-electron chi connectivity index (χ3n) is 4.48. The summed E-state index contributed by atoms with van der Waals surface area (Å²) < 4.78 is 45.1. The Morgan fingerprint density at radius 1 is 1.14 bits per heavy atom. The average Bonchev–Trinajstić information content (AvgIpc) is 2.68. The number of carbonyl (C=O) groups excluding carboxylic acids is 1. The van der Waals surface area contributed by atoms with Crippen LogP contribution in [0.5, 0.6) is 5.75 Å². The average molecular weight is 408 g/mol. The van der Waals surface area contributed by atoms with Crippen LogP contribution in [0, 0.1) is 5.82 Å². The molecule has 0 saturated carbocycles. The highest BCUT2D eigenvalue weighted by Gasteiger charge is 2.22. The predicted octanol–water partition coefficient (Wildman–Crippen LogP) is 3.36. The lowest BCUT2D eigenvalue weighted by atomic mass is 10.1. The van der Waals surface area contributed by atoms with Crippen molar-refractivity contribution in [2.45, 2.75) is 31.7 Å². The minimum absolute atomic E-state index is 0.0927. The van der Waals surface area contributed by atoms with Crippen molar-refractivity contribution in [1.82, 2.24) is 9.62 Å². The first-order valence-electron chi connectivity index (χ1n) is 8.99. The van der Waals surface area contributed by atoms with E-state index in [9.17, 15) is 17.6 Å². The molecular weight excluding hydrogens is 383 g/mol. The summed E-state index contributed by atoms with van der Waals surface area (Å²) in [6.45, 7) is 6.12. The summed E-state index contributed by atoms with van der Waals surface area (Å²) in [5.41, 5.74) is 0.817. The van der Waals surface area contributed by atoms with Crippen molar-refractivity contribution in [3.63, 3.8) is 0 Å². The van der Waals surface area contributed by atoms with Gasteiger partial charge in [0.1, 0.15) is 11.6 Å². The lowest BCUT2D eigenvalue weighted by Crippen LogP contribution is -2.30. The Bertz CT molecular complexity index is 926. The van der Waals surface area contributed by atoms with Gasteiger partial charge in [0, 0.05) is 13.1 Å². The molecule has 0 unspecified atom stereocenters. The van der Waals surface area contributed by atoms with E-state index in [-0.39, 0.29) is 16.2 Å². The topological polar surface area (TPSA) is 75.7 Å². The van der Waals surface area contributed by atoms with Crippen molar-refractivity contribution in [2.24, 2.45) is 0 Å². The second kappa shape index (κ2) is 9.16. The van der Waals surface area contributed by atoms with E-state index in [1.54, 1.807) is 32.9 Å². The number of carbonyl (C=O) groups is 1. The number of nitrogens with one attached hydrogen (secondary N) is 1. The molecule has 0 aliphatic rings. The zero-order chi connectivity index (χ0) is 20.9. The van der Waals surface area contributed by atoms with Gasteiger partial charge in [0.25, 0.3) is 5.91 Å². The van der Waals surface area contributed by atoms with Gasteiger partial charge < -0.3 is 10.1 Å². The molecule has 0 spiro atoms. The third kappa shape index (κ3) is 4.69. The molecule has 1 amide bonds. The number of methoxy groups -OCH3 is 1. The third-order valence-corrected chi connectivity index (χ3v) is 6.54. The van der Waals surface area contributed by atoms with Gasteiger partial charge in [-0.05, 0) is 42.8 Å². The van der Waals surface area contributed by atoms with E-state index in [0.29, 0.717) is 13.1 Å². The van der Waals surface area contributed by atoms with Gasteiger partial charge >= 0.3 is 0 Å². The van der Waals surface area contributed by atoms with E-state index in [4.69, 9.17) is 4.74 Å². The van der Waals surface area contributed by atoms with E-state index >= 15 is 0 Å². The van der Waals surface area contributed by atoms with Crippen LogP contribution in [0.25, 0.3) is 0 Å². The number of rotatable bonds is 8. The molecule has 1 N–H and O–H groups in total. The Labute approximate surface area is 165 Å². The molecule has 0 fully saturated rings. The van der Waals surface area contributed by atoms with Crippen molar-refractivity contribution >= 4 is 15.9 Å². The number of nitrogens with zero attached hydrogens (tertiary/aromatic N) is 1. The maximum atomic E-state index is 13.5. The molecular formula is C20H25FN2O4S. The van der Waals surface area contributed by atoms with Gasteiger partial charge in [-0.2, -0.15) is 4.31 Å². The fourth-order valence-corrected chi connectivity index (χ4v) is 4.31. The quantitative estimate of drug-likeness (QED) is 0.727. The largest absolute Gasteiger partial charge is 0.496 e. The molecule has 8 heteroatoms. The SMILES string of the molecule is CCN(CC)S(=O)(=O)c1ccc([C@@H](C)NC(=O)c2cc(F)ccc2OC)cc1. The molecule has 6 nitrogen and oxygen atoms in total. The summed E-state index contributed by atoms with van der Waals surface area (Å²) in [4.78, 5) is 12.7. The standard InChI is InChI=1S/C20H25FN2O4S/c1-5-23(6-2)28(25,26)17-10-7-15(8-11-17)14(3)22-20(24)18-13-16(21)9-12-19(18)27-4/h7-14H,5-6H2,1-4H3,(H,22,24)/t14-/m1/s1. The first kappa shape index (κ1) is 21.8. The first-order chi connectivity index (χ1) is 13.2. The van der Waals surface area contributed by atoms with E-state index in [1.807, 2.05) is 0 Å². The highest BCUT2D eigenvalue weighted by atomic mass is 32.2. The van der Waals surface area contributed by atoms with Crippen LogP contribution in [0.15, 0.2) is 47.4 Å². The van der Waals surface area contributed by atoms with Gasteiger partial charge in [-0.3, -0.25) is 4.79 Å². The summed E-state index contributed by atoms with van der Waals surface area (Å²) >= 11 is 0. The number of halogens is 1. The molecule has 2 rings (SSSR count). The van der Waals surface area contributed by atoms with Crippen LogP contribution in [-0.2, 0) is 10.0 Å². The molecule has 152 valence electrons. The monoisotopic (exact) mass is 408 g/mol. The number of benzene rings is 2. The Hall–Kier alpha value is -2.45. The second-order valence-electron chi connectivity index (χ2n) is 6.20. The Kier molecular flexibility index (Phi) is 7.15. The summed E-state index contributed by atoms with van der Waals surface area (Å²) in [6, 6.07) is 9.67. The summed E-state index contributed by atoms with van der Waals surface area (Å²) in [6.07, 6.45) is 0. The van der Waals surface area contributed by atoms with Crippen LogP contribution in [0.3, 0.4) is 0 Å². The van der Waals surface area contributed by atoms with E-state index < -0.39 is 27.8 Å². The lowest BCUT2D eigenvalue weighted by Gasteiger charge is -2.19. The minimum Gasteiger partial charge on any atom is -0.496 e. The van der Waals surface area contributed by atoms with Gasteiger partial charge in [-0.15, -0.1) is 0 Å². The molecule has 0 aromatic heterocycles. The fraction of sp³-hybridized carbons (Fsp3) is 0.350. The Morgan fingerprint density at radius 2 is 1.75 bits per heavy atom. The van der Waals surface area contributed by atoms with Crippen LogP contribution in [0.2, 0.25) is 0 Å². The second-order valence-corrected chi connectivity index (χ2v) is 8.14. The van der Waals surface area contributed by atoms with E-state index in [0.717, 1.165) is 11.6 Å². The smallest absolute Gasteiger partial charge is 0.255 e. The van der Waals surface area contributed by atoms with Crippen LogP contribution >= 0.6 is 0 Å². The van der Waals surface area contributed by atoms with Crippen LogP contribution in [0.4, 0.5) is 4.39 Å². The zero-order valence-electron chi connectivity index (χ0n) is 16.4. The Balaban J connectivity index is 2.19. The molecule has 2 aromatic rings. The first-order valence-corrected chi connectivity index (χ1v) is 10.4. The predicted molar refractivity (Wildman–Crippen MR) is 105 cm³/mol. The molecule has 0 bridgehead atoms. The fourth-order valence-electron chi connectivity index (χ4n) is 2.86. The van der Waals surface area contributed by atoms with Crippen molar-refractivity contribution in [2.75, 3.05) is 20.2 Å². The number of amides is 1. The number of hydrogen-bond donors (Lipinski definition) is 1. The molecule has 0 heterocycles. The highest BCUT2D eigenvalue weighted by Crippen LogP contribution is 2.22. The van der Waals surface area contributed by atoms with E-state index in [1.165, 1.54) is 35.7 Å². The van der Waals surface area contributed by atoms with Crippen LogP contribution < -0.4 is 10.1 Å². The molecule has 0 radical (unpaired) electrons. The van der Waals surface area contributed by atoms with Gasteiger partial charge in [0.05, 0.1) is 23.6 Å². The van der Waals surface area contributed by atoms with Gasteiger partial charge in [-0.1, -0.05) is 26.0 Å². The number of hydrogen-bond acceptors (Lipinski definition) is 4. The van der Waals surface area contributed by atoms with Gasteiger partial charge in [0.15, 0.2) is 0 Å². The molecule has 0 saturated heterocycles. The lowest BCUT2D eigenvalue weighted by molar-refractivity contribution is 0.0936. The van der Waals surface area contributed by atoms with Crippen molar-refractivity contribution < 1.29 is 22.3 Å². The molecule has 28 heavy (non-hydrogen) atoms. The summed E-state index contributed by atoms with van der Waals surface area (Å²) in [5, 5.41) is 2.77. The zero-order valence-corrected chi connectivity index (χ0v) is 17.2. The summed E-state index contributed by atoms with van der Waals surface area (Å²) in [7, 11) is -2.13. The number of sulfonamides is 1. The Morgan fingerprint density at radius 3 is 2.29 bits per heavy atom. The van der Waals surface area contributed by atoms with E-state index in [2.05, 4.69) is 5.32 Å². The molecule has 0 aliphatic carbocycles. The molecule has 1 atom stereocenters. The maximum Gasteiger partial charge on any atom is 0.255 e. The molecule has 2 aromatic carbocycles. The van der Waals surface area contributed by atoms with Crippen LogP contribution in [-0.4, -0.2) is 38.8 Å². The minimum atomic E-state index is -3.54. The maximum absolute atomic E-state index is 13.5. The summed E-state index contributed by atoms with van der Waals surface area (Å²) in [5.74, 6) is -0.750. The highest BCUT2D eigenvalue weighted by molar-refractivity contribution is 7.89.